The Balaban J connectivity index is 1.96. The Morgan fingerprint density at radius 2 is 2.10 bits per heavy atom. The number of nitrogens with zero attached hydrogens (tertiary/aromatic N) is 5. The average Bonchev–Trinajstić information content (AvgIpc) is 2.85. The summed E-state index contributed by atoms with van der Waals surface area (Å²) in [6, 6.07) is 3.18. The summed E-state index contributed by atoms with van der Waals surface area (Å²) in [7, 11) is 1.43. The second-order valence-corrected chi connectivity index (χ2v) is 6.85. The van der Waals surface area contributed by atoms with Crippen molar-refractivity contribution >= 4 is 15.8 Å². The van der Waals surface area contributed by atoms with Crippen LogP contribution in [0.5, 0.6) is 0 Å². The van der Waals surface area contributed by atoms with Crippen LogP contribution in [-0.2, 0) is 23.5 Å². The van der Waals surface area contributed by atoms with Gasteiger partial charge in [-0.2, -0.15) is 0 Å². The monoisotopic (exact) mass is 310 g/mol. The van der Waals surface area contributed by atoms with Crippen LogP contribution in [0.25, 0.3) is 0 Å². The van der Waals surface area contributed by atoms with E-state index >= 15 is 0 Å². The molecule has 0 fully saturated rings. The molecule has 0 atom stereocenters. The zero-order chi connectivity index (χ0) is 15.5. The molecule has 21 heavy (non-hydrogen) atoms. The molecule has 0 aromatic carbocycles. The molecule has 1 N–H and O–H groups in total. The van der Waals surface area contributed by atoms with Gasteiger partial charge in [0.2, 0.25) is 10.0 Å². The minimum atomic E-state index is -3.43. The Labute approximate surface area is 123 Å². The third kappa shape index (κ3) is 3.56. The molecule has 0 aliphatic rings. The Morgan fingerprint density at radius 1 is 1.33 bits per heavy atom. The predicted octanol–water partition coefficient (Wildman–Crippen LogP) is 0.115. The lowest BCUT2D eigenvalue weighted by Gasteiger charge is -2.11. The summed E-state index contributed by atoms with van der Waals surface area (Å²) in [4.78, 5) is 4.28. The number of aryl methyl sites for hydroxylation is 1. The number of pyridine rings is 1. The fourth-order valence-corrected chi connectivity index (χ4v) is 2.53. The van der Waals surface area contributed by atoms with Gasteiger partial charge >= 0.3 is 0 Å². The van der Waals surface area contributed by atoms with Crippen LogP contribution in [0.2, 0.25) is 0 Å². The molecule has 9 heteroatoms. The van der Waals surface area contributed by atoms with Crippen LogP contribution >= 0.6 is 0 Å². The van der Waals surface area contributed by atoms with Crippen molar-refractivity contribution in [1.29, 1.82) is 0 Å². The van der Waals surface area contributed by atoms with E-state index in [1.54, 1.807) is 12.4 Å². The molecule has 0 aliphatic carbocycles. The summed E-state index contributed by atoms with van der Waals surface area (Å²) in [5.41, 5.74) is 0. The third-order valence-electron chi connectivity index (χ3n) is 2.97. The van der Waals surface area contributed by atoms with Crippen molar-refractivity contribution in [1.82, 2.24) is 24.1 Å². The number of rotatable bonds is 6. The van der Waals surface area contributed by atoms with E-state index in [2.05, 4.69) is 20.5 Å². The maximum absolute atomic E-state index is 11.9. The van der Waals surface area contributed by atoms with Gasteiger partial charge in [0.1, 0.15) is 22.9 Å². The molecule has 2 aromatic heterocycles. The minimum absolute atomic E-state index is 0.173. The average molecular weight is 310 g/mol. The van der Waals surface area contributed by atoms with Gasteiger partial charge in [0.25, 0.3) is 0 Å². The van der Waals surface area contributed by atoms with Crippen molar-refractivity contribution < 1.29 is 8.42 Å². The van der Waals surface area contributed by atoms with Crippen LogP contribution in [0.1, 0.15) is 5.82 Å². The highest BCUT2D eigenvalue weighted by molar-refractivity contribution is 7.89. The molecule has 0 unspecified atom stereocenters. The minimum Gasteiger partial charge on any atom is -0.370 e. The van der Waals surface area contributed by atoms with E-state index in [9.17, 15) is 8.42 Å². The molecule has 8 nitrogen and oxygen atoms in total. The zero-order valence-electron chi connectivity index (χ0n) is 12.2. The van der Waals surface area contributed by atoms with Gasteiger partial charge in [0.15, 0.2) is 0 Å². The van der Waals surface area contributed by atoms with E-state index in [1.165, 1.54) is 26.4 Å². The summed E-state index contributed by atoms with van der Waals surface area (Å²) in [6.45, 7) is 0.638. The van der Waals surface area contributed by atoms with E-state index in [0.29, 0.717) is 18.8 Å². The molecule has 0 radical (unpaired) electrons. The fourth-order valence-electron chi connectivity index (χ4n) is 1.68. The maximum Gasteiger partial charge on any atom is 0.244 e. The summed E-state index contributed by atoms with van der Waals surface area (Å²) >= 11 is 0. The van der Waals surface area contributed by atoms with Crippen LogP contribution in [0.4, 0.5) is 5.82 Å². The van der Waals surface area contributed by atoms with E-state index in [4.69, 9.17) is 0 Å². The van der Waals surface area contributed by atoms with Crippen molar-refractivity contribution in [2.45, 2.75) is 11.3 Å². The Morgan fingerprint density at radius 3 is 2.62 bits per heavy atom. The Bertz CT molecular complexity index is 693. The molecular weight excluding hydrogens is 292 g/mol. The van der Waals surface area contributed by atoms with Crippen molar-refractivity contribution in [2.24, 2.45) is 7.05 Å². The van der Waals surface area contributed by atoms with Crippen molar-refractivity contribution in [2.75, 3.05) is 26.0 Å². The quantitative estimate of drug-likeness (QED) is 0.814. The first kappa shape index (κ1) is 15.4. The highest BCUT2D eigenvalue weighted by atomic mass is 32.2. The molecule has 2 aromatic rings. The number of hydrogen-bond acceptors (Lipinski definition) is 6. The lowest BCUT2D eigenvalue weighted by molar-refractivity contribution is 0.520. The summed E-state index contributed by atoms with van der Waals surface area (Å²) < 4.78 is 26.8. The van der Waals surface area contributed by atoms with E-state index in [-0.39, 0.29) is 4.90 Å². The number of hydrogen-bond donors (Lipinski definition) is 1. The molecular formula is C12H18N6O2S. The van der Waals surface area contributed by atoms with E-state index in [1.807, 2.05) is 11.6 Å². The molecule has 0 amide bonds. The van der Waals surface area contributed by atoms with Crippen LogP contribution in [0.15, 0.2) is 29.6 Å². The zero-order valence-corrected chi connectivity index (χ0v) is 13.0. The Hall–Kier alpha value is -2.00. The van der Waals surface area contributed by atoms with E-state index < -0.39 is 10.0 Å². The largest absolute Gasteiger partial charge is 0.370 e. The van der Waals surface area contributed by atoms with Gasteiger partial charge in [-0.1, -0.05) is 0 Å². The standard InChI is InChI=1S/C12H18N6O2S/c1-17(2)21(19,20)10-4-5-11(14-8-10)13-7-6-12-16-15-9-18(12)3/h4-5,8-9H,6-7H2,1-3H3,(H,13,14). The predicted molar refractivity (Wildman–Crippen MR) is 78.3 cm³/mol. The molecule has 2 rings (SSSR count). The van der Waals surface area contributed by atoms with Gasteiger partial charge in [0.05, 0.1) is 0 Å². The van der Waals surface area contributed by atoms with Gasteiger partial charge in [-0.05, 0) is 12.1 Å². The maximum atomic E-state index is 11.9. The van der Waals surface area contributed by atoms with Crippen molar-refractivity contribution in [3.8, 4) is 0 Å². The number of sulfonamides is 1. The molecule has 0 bridgehead atoms. The van der Waals surface area contributed by atoms with Gasteiger partial charge < -0.3 is 9.88 Å². The number of aromatic nitrogens is 4. The normalized spacial score (nSPS) is 11.8. The molecule has 0 spiro atoms. The first-order valence-corrected chi connectivity index (χ1v) is 7.80. The topological polar surface area (TPSA) is 93.0 Å². The molecule has 2 heterocycles. The smallest absolute Gasteiger partial charge is 0.244 e. The lowest BCUT2D eigenvalue weighted by atomic mass is 10.4. The van der Waals surface area contributed by atoms with Crippen molar-refractivity contribution in [3.63, 3.8) is 0 Å². The Kier molecular flexibility index (Phi) is 4.53. The number of nitrogens with one attached hydrogen (secondary N) is 1. The lowest BCUT2D eigenvalue weighted by Crippen LogP contribution is -2.22. The summed E-state index contributed by atoms with van der Waals surface area (Å²) in [6.07, 6.45) is 3.70. The van der Waals surface area contributed by atoms with Crippen LogP contribution in [-0.4, -0.2) is 53.1 Å². The van der Waals surface area contributed by atoms with Crippen LogP contribution < -0.4 is 5.32 Å². The van der Waals surface area contributed by atoms with Crippen molar-refractivity contribution in [3.05, 3.63) is 30.5 Å². The molecule has 0 aliphatic heterocycles. The second kappa shape index (κ2) is 6.19. The van der Waals surface area contributed by atoms with Gasteiger partial charge in [-0.15, -0.1) is 10.2 Å². The number of anilines is 1. The highest BCUT2D eigenvalue weighted by Crippen LogP contribution is 2.13. The summed E-state index contributed by atoms with van der Waals surface area (Å²) in [5, 5.41) is 10.9. The third-order valence-corrected chi connectivity index (χ3v) is 4.77. The first-order chi connectivity index (χ1) is 9.91. The summed E-state index contributed by atoms with van der Waals surface area (Å²) in [5.74, 6) is 1.49. The first-order valence-electron chi connectivity index (χ1n) is 6.36. The fraction of sp³-hybridized carbons (Fsp3) is 0.417. The van der Waals surface area contributed by atoms with Gasteiger partial charge in [0, 0.05) is 40.3 Å². The van der Waals surface area contributed by atoms with E-state index in [0.717, 1.165) is 10.1 Å². The molecule has 0 saturated heterocycles. The highest BCUT2D eigenvalue weighted by Gasteiger charge is 2.17. The molecule has 0 saturated carbocycles. The van der Waals surface area contributed by atoms with Gasteiger partial charge in [-0.3, -0.25) is 0 Å². The van der Waals surface area contributed by atoms with Crippen LogP contribution in [0, 0.1) is 0 Å². The molecule has 114 valence electrons. The van der Waals surface area contributed by atoms with Gasteiger partial charge in [-0.25, -0.2) is 17.7 Å². The van der Waals surface area contributed by atoms with Crippen LogP contribution in [0.3, 0.4) is 0 Å². The SMILES string of the molecule is CN(C)S(=O)(=O)c1ccc(NCCc2nncn2C)nc1. The second-order valence-electron chi connectivity index (χ2n) is 4.70.